The highest BCUT2D eigenvalue weighted by atomic mass is 31.2. The van der Waals surface area contributed by atoms with E-state index in [1.807, 2.05) is 36.4 Å². The van der Waals surface area contributed by atoms with Crippen molar-refractivity contribution in [3.05, 3.63) is 101 Å². The summed E-state index contributed by atoms with van der Waals surface area (Å²) < 4.78 is 19.7. The number of nitro groups is 1. The number of methoxy groups -OCH3 is 1. The van der Waals surface area contributed by atoms with E-state index in [9.17, 15) is 14.7 Å². The van der Waals surface area contributed by atoms with Gasteiger partial charge in [0.1, 0.15) is 11.4 Å². The molecule has 0 saturated heterocycles. The van der Waals surface area contributed by atoms with Crippen LogP contribution in [0, 0.1) is 10.1 Å². The van der Waals surface area contributed by atoms with Crippen molar-refractivity contribution in [2.45, 2.75) is 5.66 Å². The molecule has 0 bridgehead atoms. The van der Waals surface area contributed by atoms with Crippen molar-refractivity contribution in [1.82, 2.24) is 0 Å². The fraction of sp³-hybridized carbons (Fsp3) is 0.143. The summed E-state index contributed by atoms with van der Waals surface area (Å²) in [6.07, 6.45) is 0. The Morgan fingerprint density at radius 3 is 1.78 bits per heavy atom. The van der Waals surface area contributed by atoms with E-state index in [1.54, 1.807) is 55.6 Å². The van der Waals surface area contributed by atoms with Crippen molar-refractivity contribution >= 4 is 17.8 Å². The van der Waals surface area contributed by atoms with E-state index in [4.69, 9.17) is 4.74 Å². The highest BCUT2D eigenvalue weighted by Crippen LogP contribution is 2.57. The Labute approximate surface area is 158 Å². The summed E-state index contributed by atoms with van der Waals surface area (Å²) in [5.74, 6) is 0.646. The molecular formula is C21H20NO4P. The minimum atomic E-state index is -3.32. The van der Waals surface area contributed by atoms with Crippen LogP contribution in [0.1, 0.15) is 11.2 Å². The van der Waals surface area contributed by atoms with Crippen LogP contribution in [0.4, 0.5) is 0 Å². The predicted octanol–water partition coefficient (Wildman–Crippen LogP) is 4.03. The SMILES string of the molecule is COc1ccc([C@H](C[N+](=O)[O-])P(=O)(c2ccccc2)c2ccccc2)cc1. The molecule has 1 atom stereocenters. The molecule has 0 spiro atoms. The monoisotopic (exact) mass is 381 g/mol. The van der Waals surface area contributed by atoms with Gasteiger partial charge in [-0.2, -0.15) is 0 Å². The van der Waals surface area contributed by atoms with Crippen molar-refractivity contribution in [3.63, 3.8) is 0 Å². The minimum Gasteiger partial charge on any atom is -0.497 e. The first-order valence-electron chi connectivity index (χ1n) is 8.52. The van der Waals surface area contributed by atoms with Crippen molar-refractivity contribution < 1.29 is 14.2 Å². The van der Waals surface area contributed by atoms with Gasteiger partial charge < -0.3 is 9.30 Å². The maximum atomic E-state index is 14.5. The normalized spacial score (nSPS) is 12.3. The van der Waals surface area contributed by atoms with Gasteiger partial charge in [-0.25, -0.2) is 0 Å². The lowest BCUT2D eigenvalue weighted by molar-refractivity contribution is -0.480. The number of nitrogens with zero attached hydrogens (tertiary/aromatic N) is 1. The molecule has 0 amide bonds. The standard InChI is InChI=1S/C21H20NO4P/c1-26-18-14-12-17(13-15-18)21(16-22(23)24)27(25,19-8-4-2-5-9-19)20-10-6-3-7-11-20/h2-15,21H,16H2,1H3/t21-/m0/s1. The Bertz CT molecular complexity index is 899. The largest absolute Gasteiger partial charge is 0.497 e. The van der Waals surface area contributed by atoms with Crippen LogP contribution in [-0.2, 0) is 4.57 Å². The molecule has 3 aromatic rings. The Morgan fingerprint density at radius 2 is 1.37 bits per heavy atom. The Hall–Kier alpha value is -2.91. The van der Waals surface area contributed by atoms with E-state index in [-0.39, 0.29) is 0 Å². The van der Waals surface area contributed by atoms with Crippen molar-refractivity contribution in [1.29, 1.82) is 0 Å². The molecule has 0 fully saturated rings. The lowest BCUT2D eigenvalue weighted by Gasteiger charge is -2.26. The van der Waals surface area contributed by atoms with Crippen LogP contribution >= 0.6 is 7.14 Å². The molecule has 0 aliphatic heterocycles. The zero-order valence-corrected chi connectivity index (χ0v) is 15.8. The van der Waals surface area contributed by atoms with Gasteiger partial charge in [0.2, 0.25) is 6.54 Å². The fourth-order valence-corrected chi connectivity index (χ4v) is 6.41. The fourth-order valence-electron chi connectivity index (χ4n) is 3.21. The van der Waals surface area contributed by atoms with Gasteiger partial charge in [0, 0.05) is 15.5 Å². The number of hydrogen-bond acceptors (Lipinski definition) is 4. The summed E-state index contributed by atoms with van der Waals surface area (Å²) in [5, 5.41) is 12.7. The van der Waals surface area contributed by atoms with Crippen LogP contribution in [0.2, 0.25) is 0 Å². The zero-order chi connectivity index (χ0) is 19.3. The van der Waals surface area contributed by atoms with Crippen molar-refractivity contribution in [3.8, 4) is 5.75 Å². The second-order valence-electron chi connectivity index (χ2n) is 6.13. The minimum absolute atomic E-state index is 0.395. The van der Waals surface area contributed by atoms with Crippen molar-refractivity contribution in [2.24, 2.45) is 0 Å². The summed E-state index contributed by atoms with van der Waals surface area (Å²) in [4.78, 5) is 11.1. The Morgan fingerprint density at radius 1 is 0.889 bits per heavy atom. The maximum Gasteiger partial charge on any atom is 0.218 e. The van der Waals surface area contributed by atoms with Gasteiger partial charge in [0.05, 0.1) is 7.11 Å². The third kappa shape index (κ3) is 3.93. The average Bonchev–Trinajstić information content (AvgIpc) is 2.73. The van der Waals surface area contributed by atoms with E-state index < -0.39 is 24.3 Å². The average molecular weight is 381 g/mol. The van der Waals surface area contributed by atoms with Crippen molar-refractivity contribution in [2.75, 3.05) is 13.7 Å². The van der Waals surface area contributed by atoms with Crippen LogP contribution < -0.4 is 15.3 Å². The molecule has 0 heterocycles. The maximum absolute atomic E-state index is 14.5. The van der Waals surface area contributed by atoms with Crippen LogP contribution in [0.25, 0.3) is 0 Å². The molecule has 0 aliphatic rings. The molecule has 27 heavy (non-hydrogen) atoms. The highest BCUT2D eigenvalue weighted by Gasteiger charge is 2.40. The molecule has 0 N–H and O–H groups in total. The number of rotatable bonds is 7. The highest BCUT2D eigenvalue weighted by molar-refractivity contribution is 7.79. The van der Waals surface area contributed by atoms with Gasteiger partial charge in [-0.05, 0) is 17.7 Å². The van der Waals surface area contributed by atoms with Gasteiger partial charge >= 0.3 is 0 Å². The molecule has 6 heteroatoms. The Kier molecular flexibility index (Phi) is 5.72. The summed E-state index contributed by atoms with van der Waals surface area (Å²) in [6, 6.07) is 25.0. The molecule has 5 nitrogen and oxygen atoms in total. The van der Waals surface area contributed by atoms with Gasteiger partial charge in [-0.15, -0.1) is 0 Å². The first kappa shape index (κ1) is 18.9. The molecular weight excluding hydrogens is 361 g/mol. The first-order valence-corrected chi connectivity index (χ1v) is 10.3. The summed E-state index contributed by atoms with van der Waals surface area (Å²) in [6.45, 7) is -0.423. The quantitative estimate of drug-likeness (QED) is 0.352. The number of hydrogen-bond donors (Lipinski definition) is 0. The summed E-state index contributed by atoms with van der Waals surface area (Å²) in [5.41, 5.74) is -0.119. The molecule has 0 radical (unpaired) electrons. The van der Waals surface area contributed by atoms with Crippen LogP contribution in [0.15, 0.2) is 84.9 Å². The molecule has 3 rings (SSSR count). The molecule has 0 unspecified atom stereocenters. The molecule has 0 saturated carbocycles. The van der Waals surface area contributed by atoms with E-state index in [0.29, 0.717) is 21.9 Å². The molecule has 0 aliphatic carbocycles. The first-order chi connectivity index (χ1) is 13.1. The molecule has 0 aromatic heterocycles. The van der Waals surface area contributed by atoms with E-state index >= 15 is 0 Å². The number of benzene rings is 3. The lowest BCUT2D eigenvalue weighted by Crippen LogP contribution is -2.25. The third-order valence-electron chi connectivity index (χ3n) is 4.54. The van der Waals surface area contributed by atoms with E-state index in [1.165, 1.54) is 0 Å². The smallest absolute Gasteiger partial charge is 0.218 e. The van der Waals surface area contributed by atoms with Crippen LogP contribution in [0.5, 0.6) is 5.75 Å². The lowest BCUT2D eigenvalue weighted by atomic mass is 10.1. The van der Waals surface area contributed by atoms with Gasteiger partial charge in [-0.3, -0.25) is 10.1 Å². The van der Waals surface area contributed by atoms with Crippen LogP contribution in [0.3, 0.4) is 0 Å². The van der Waals surface area contributed by atoms with Crippen LogP contribution in [-0.4, -0.2) is 18.6 Å². The topological polar surface area (TPSA) is 69.4 Å². The third-order valence-corrected chi connectivity index (χ3v) is 8.01. The molecule has 3 aromatic carbocycles. The predicted molar refractivity (Wildman–Crippen MR) is 107 cm³/mol. The molecule has 138 valence electrons. The summed E-state index contributed by atoms with van der Waals surface area (Å²) >= 11 is 0. The number of ether oxygens (including phenoxy) is 1. The summed E-state index contributed by atoms with van der Waals surface area (Å²) in [7, 11) is -1.76. The second kappa shape index (κ2) is 8.19. The van der Waals surface area contributed by atoms with Gasteiger partial charge in [-0.1, -0.05) is 72.8 Å². The zero-order valence-electron chi connectivity index (χ0n) is 14.9. The Balaban J connectivity index is 2.22. The van der Waals surface area contributed by atoms with Gasteiger partial charge in [0.25, 0.3) is 0 Å². The van der Waals surface area contributed by atoms with E-state index in [0.717, 1.165) is 0 Å². The van der Waals surface area contributed by atoms with E-state index in [2.05, 4.69) is 0 Å². The van der Waals surface area contributed by atoms with Gasteiger partial charge in [0.15, 0.2) is 7.14 Å². The second-order valence-corrected chi connectivity index (χ2v) is 9.11.